The van der Waals surface area contributed by atoms with E-state index in [0.29, 0.717) is 0 Å². The molecule has 0 aliphatic heterocycles. The van der Waals surface area contributed by atoms with Crippen LogP contribution in [0.4, 0.5) is 0 Å². The molecule has 0 heterocycles. The Bertz CT molecular complexity index is 993. The molecule has 3 rings (SSSR count). The normalized spacial score (nSPS) is 16.6. The van der Waals surface area contributed by atoms with Gasteiger partial charge in [-0.15, -0.1) is 0 Å². The molecule has 0 N–H and O–H groups in total. The Morgan fingerprint density at radius 2 is 0.750 bits per heavy atom. The van der Waals surface area contributed by atoms with Crippen LogP contribution in [0, 0.1) is 0 Å². The molecule has 0 radical (unpaired) electrons. The quantitative estimate of drug-likeness (QED) is 0.111. The maximum absolute atomic E-state index is 7.94. The van der Waals surface area contributed by atoms with E-state index in [1.54, 1.807) is 0 Å². The van der Waals surface area contributed by atoms with Gasteiger partial charge in [0, 0.05) is 8.95 Å². The van der Waals surface area contributed by atoms with Gasteiger partial charge >= 0.3 is 0 Å². The van der Waals surface area contributed by atoms with Crippen molar-refractivity contribution in [3.63, 3.8) is 0 Å². The fraction of sp³-hybridized carbons (Fsp3) is 0.684. The van der Waals surface area contributed by atoms with Crippen LogP contribution in [0.3, 0.4) is 0 Å². The topological polar surface area (TPSA) is 18.5 Å². The average molecular weight is 767 g/mol. The van der Waals surface area contributed by atoms with Gasteiger partial charge in [0.15, 0.2) is 16.6 Å². The number of benzene rings is 2. The van der Waals surface area contributed by atoms with Crippen LogP contribution >= 0.6 is 31.9 Å². The molecule has 0 bridgehead atoms. The second kappa shape index (κ2) is 19.5. The van der Waals surface area contributed by atoms with Gasteiger partial charge in [-0.1, -0.05) is 163 Å². The third-order valence-electron chi connectivity index (χ3n) is 9.88. The molecule has 248 valence electrons. The fourth-order valence-corrected chi connectivity index (χ4v) is 17.8. The lowest BCUT2D eigenvalue weighted by Crippen LogP contribution is -2.45. The number of halogens is 2. The van der Waals surface area contributed by atoms with Crippen molar-refractivity contribution in [1.29, 1.82) is 0 Å². The van der Waals surface area contributed by atoms with Crippen LogP contribution in [0.1, 0.15) is 142 Å². The number of unbranched alkanes of at least 4 members (excludes halogenated alkanes) is 6. The first kappa shape index (κ1) is 38.2. The summed E-state index contributed by atoms with van der Waals surface area (Å²) in [5, 5.41) is 0. The van der Waals surface area contributed by atoms with Gasteiger partial charge in [0.05, 0.1) is 0 Å². The van der Waals surface area contributed by atoms with E-state index in [1.807, 2.05) is 0 Å². The highest BCUT2D eigenvalue weighted by Crippen LogP contribution is 2.53. The summed E-state index contributed by atoms with van der Waals surface area (Å²) in [5.74, 6) is 0. The predicted octanol–water partition coefficient (Wildman–Crippen LogP) is 14.7. The van der Waals surface area contributed by atoms with Crippen molar-refractivity contribution in [2.24, 2.45) is 0 Å². The van der Waals surface area contributed by atoms with Crippen molar-refractivity contribution in [1.82, 2.24) is 0 Å². The minimum atomic E-state index is -2.05. The zero-order chi connectivity index (χ0) is 32.0. The largest absolute Gasteiger partial charge is 0.407 e. The maximum Gasteiger partial charge on any atom is 0.193 e. The maximum atomic E-state index is 7.94. The van der Waals surface area contributed by atoms with E-state index in [0.717, 1.165) is 8.95 Å². The van der Waals surface area contributed by atoms with E-state index in [4.69, 9.17) is 8.85 Å². The highest BCUT2D eigenvalue weighted by Gasteiger charge is 2.46. The molecule has 2 atom stereocenters. The average Bonchev–Trinajstić information content (AvgIpc) is 3.03. The van der Waals surface area contributed by atoms with E-state index in [-0.39, 0.29) is 12.2 Å². The second-order valence-corrected chi connectivity index (χ2v) is 23.6. The molecular formula is C38H62Br2O2Si2. The SMILES string of the molecule is CCCC[Si](CCCC)(CCCC)OC1c2cc(Br)ccc2-c2ccc(Br)cc2C1O[Si](CCCC)(CCCC)CCCC. The highest BCUT2D eigenvalue weighted by molar-refractivity contribution is 9.10. The monoisotopic (exact) mass is 764 g/mol. The van der Waals surface area contributed by atoms with E-state index >= 15 is 0 Å². The lowest BCUT2D eigenvalue weighted by molar-refractivity contribution is 0.0333. The van der Waals surface area contributed by atoms with Crippen LogP contribution in [-0.4, -0.2) is 16.6 Å². The molecule has 0 saturated carbocycles. The molecule has 0 saturated heterocycles. The van der Waals surface area contributed by atoms with Crippen molar-refractivity contribution in [3.05, 3.63) is 56.5 Å². The van der Waals surface area contributed by atoms with Crippen molar-refractivity contribution < 1.29 is 8.85 Å². The van der Waals surface area contributed by atoms with Gasteiger partial charge in [0.25, 0.3) is 0 Å². The summed E-state index contributed by atoms with van der Waals surface area (Å²) in [4.78, 5) is 0. The standard InChI is InChI=1S/C38H62Br2O2Si2/c1-7-13-23-43(24-14-8-2,25-15-9-3)41-37-35-29-31(39)19-21-33(35)34-22-20-32(40)30-36(34)38(37)42-44(26-16-10-4,27-17-11-5)28-18-12-6/h19-22,29-30,37-38H,7-18,23-28H2,1-6H3. The number of rotatable bonds is 22. The van der Waals surface area contributed by atoms with E-state index in [9.17, 15) is 0 Å². The second-order valence-electron chi connectivity index (χ2n) is 13.5. The molecule has 6 heteroatoms. The van der Waals surface area contributed by atoms with Crippen LogP contribution in [0.15, 0.2) is 45.3 Å². The zero-order valence-electron chi connectivity index (χ0n) is 28.9. The molecule has 2 aromatic carbocycles. The third-order valence-corrected chi connectivity index (χ3v) is 20.0. The third kappa shape index (κ3) is 10.4. The molecular weight excluding hydrogens is 704 g/mol. The van der Waals surface area contributed by atoms with Crippen molar-refractivity contribution in [3.8, 4) is 11.1 Å². The van der Waals surface area contributed by atoms with Crippen LogP contribution in [0.25, 0.3) is 11.1 Å². The molecule has 2 nitrogen and oxygen atoms in total. The fourth-order valence-electron chi connectivity index (χ4n) is 7.24. The Labute approximate surface area is 290 Å². The van der Waals surface area contributed by atoms with Gasteiger partial charge in [-0.2, -0.15) is 0 Å². The molecule has 1 aliphatic rings. The summed E-state index contributed by atoms with van der Waals surface area (Å²) in [6.07, 6.45) is 14.9. The smallest absolute Gasteiger partial charge is 0.193 e. The van der Waals surface area contributed by atoms with Crippen molar-refractivity contribution in [2.75, 3.05) is 0 Å². The molecule has 0 fully saturated rings. The Kier molecular flexibility index (Phi) is 17.0. The molecule has 0 amide bonds. The van der Waals surface area contributed by atoms with Crippen molar-refractivity contribution >= 4 is 48.5 Å². The van der Waals surface area contributed by atoms with Gasteiger partial charge in [-0.25, -0.2) is 0 Å². The summed E-state index contributed by atoms with van der Waals surface area (Å²) in [7, 11) is -4.10. The highest BCUT2D eigenvalue weighted by atomic mass is 79.9. The van der Waals surface area contributed by atoms with Crippen LogP contribution < -0.4 is 0 Å². The lowest BCUT2D eigenvalue weighted by atomic mass is 9.82. The van der Waals surface area contributed by atoms with E-state index < -0.39 is 16.6 Å². The molecule has 1 aliphatic carbocycles. The van der Waals surface area contributed by atoms with Gasteiger partial charge in [0.2, 0.25) is 0 Å². The van der Waals surface area contributed by atoms with Crippen LogP contribution in [0.5, 0.6) is 0 Å². The Hall–Kier alpha value is -0.246. The first-order chi connectivity index (χ1) is 21.3. The first-order valence-corrected chi connectivity index (χ1v) is 24.9. The van der Waals surface area contributed by atoms with E-state index in [1.165, 1.54) is 136 Å². The summed E-state index contributed by atoms with van der Waals surface area (Å²) in [5.41, 5.74) is 5.33. The van der Waals surface area contributed by atoms with Crippen molar-refractivity contribution in [2.45, 2.75) is 167 Å². The predicted molar refractivity (Wildman–Crippen MR) is 205 cm³/mol. The summed E-state index contributed by atoms with van der Waals surface area (Å²) >= 11 is 7.75. The molecule has 0 aromatic heterocycles. The Morgan fingerprint density at radius 3 is 1.00 bits per heavy atom. The lowest BCUT2D eigenvalue weighted by Gasteiger charge is -2.46. The minimum absolute atomic E-state index is 0.0571. The molecule has 44 heavy (non-hydrogen) atoms. The molecule has 2 aromatic rings. The van der Waals surface area contributed by atoms with Gasteiger partial charge < -0.3 is 8.85 Å². The Morgan fingerprint density at radius 1 is 0.477 bits per heavy atom. The van der Waals surface area contributed by atoms with Gasteiger partial charge in [0.1, 0.15) is 12.2 Å². The summed E-state index contributed by atoms with van der Waals surface area (Å²) in [6, 6.07) is 21.4. The summed E-state index contributed by atoms with van der Waals surface area (Å²) in [6.45, 7) is 14.1. The van der Waals surface area contributed by atoms with E-state index in [2.05, 4.69) is 110 Å². The number of hydrogen-bond acceptors (Lipinski definition) is 2. The Balaban J connectivity index is 2.26. The summed E-state index contributed by atoms with van der Waals surface area (Å²) < 4.78 is 18.1. The molecule has 0 spiro atoms. The zero-order valence-corrected chi connectivity index (χ0v) is 34.1. The van der Waals surface area contributed by atoms with Gasteiger partial charge in [-0.3, -0.25) is 0 Å². The first-order valence-electron chi connectivity index (χ1n) is 18.3. The number of hydrogen-bond donors (Lipinski definition) is 0. The van der Waals surface area contributed by atoms with Crippen LogP contribution in [0.2, 0.25) is 36.3 Å². The molecule has 2 unspecified atom stereocenters. The minimum Gasteiger partial charge on any atom is -0.407 e. The number of fused-ring (bicyclic) bond motifs is 3. The van der Waals surface area contributed by atoms with Gasteiger partial charge in [-0.05, 0) is 82.8 Å². The van der Waals surface area contributed by atoms with Crippen LogP contribution in [-0.2, 0) is 8.85 Å².